The third kappa shape index (κ3) is 20.4. The van der Waals surface area contributed by atoms with Crippen molar-refractivity contribution in [1.29, 1.82) is 0 Å². The average molecular weight is 1140 g/mol. The van der Waals surface area contributed by atoms with Gasteiger partial charge in [-0.1, -0.05) is 65.3 Å². The number of amides is 6. The molecule has 0 saturated carbocycles. The second kappa shape index (κ2) is 33.5. The van der Waals surface area contributed by atoms with Crippen LogP contribution in [0.2, 0.25) is 0 Å². The Morgan fingerprint density at radius 1 is 0.768 bits per heavy atom. The van der Waals surface area contributed by atoms with Gasteiger partial charge in [-0.2, -0.15) is 16.9 Å². The van der Waals surface area contributed by atoms with Crippen LogP contribution in [0.25, 0.3) is 10.4 Å². The molecular weight excluding hydrogens is 1070 g/mol. The first-order chi connectivity index (χ1) is 40.0. The maximum atomic E-state index is 13.6. The summed E-state index contributed by atoms with van der Waals surface area (Å²) in [6, 6.07) is 26.0. The SMILES string of the molecule is [N-]=[N+]=NCCc1ccc(O)c(/N=N/c2ccc(C(=O)N[C@@H](CCCCn3cc(NC(=O)CCCC[C@H]4SC[C@H]5NC(=O)N[C@H]54)nn3)C(=O)NCCCOCCOCCOCCCNC(=O)c3ccc(C(=O)c4ccccc4)cc3)cc2)c1. The molecule has 24 nitrogen and oxygen atoms in total. The predicted molar refractivity (Wildman–Crippen MR) is 308 cm³/mol. The number of aryl methyl sites for hydroxylation is 1. The van der Waals surface area contributed by atoms with Gasteiger partial charge >= 0.3 is 6.03 Å². The van der Waals surface area contributed by atoms with Crippen LogP contribution in [0, 0.1) is 0 Å². The Morgan fingerprint density at radius 2 is 1.45 bits per heavy atom. The van der Waals surface area contributed by atoms with Crippen molar-refractivity contribution < 1.29 is 48.1 Å². The number of rotatable bonds is 36. The van der Waals surface area contributed by atoms with Crippen molar-refractivity contribution >= 4 is 64.4 Å². The molecule has 25 heteroatoms. The summed E-state index contributed by atoms with van der Waals surface area (Å²) >= 11 is 1.85. The van der Waals surface area contributed by atoms with Gasteiger partial charge in [0.25, 0.3) is 11.8 Å². The number of unbranched alkanes of at least 4 members (excludes halogenated alkanes) is 2. The Bertz CT molecular complexity index is 2960. The number of benzene rings is 4. The zero-order chi connectivity index (χ0) is 57.7. The molecule has 0 bridgehead atoms. The minimum absolute atomic E-state index is 0.0754. The van der Waals surface area contributed by atoms with Crippen LogP contribution in [-0.2, 0) is 36.8 Å². The van der Waals surface area contributed by atoms with Crippen LogP contribution in [0.1, 0.15) is 100.0 Å². The first kappa shape index (κ1) is 61.4. The van der Waals surface area contributed by atoms with Crippen molar-refractivity contribution in [2.45, 2.75) is 94.1 Å². The number of hydrogen-bond donors (Lipinski definition) is 7. The number of carbonyl (C=O) groups excluding carboxylic acids is 6. The van der Waals surface area contributed by atoms with Crippen molar-refractivity contribution in [3.63, 3.8) is 0 Å². The number of nitrogens with one attached hydrogen (secondary N) is 6. The minimum Gasteiger partial charge on any atom is -0.506 e. The maximum absolute atomic E-state index is 13.6. The normalized spacial score (nSPS) is 15.7. The fourth-order valence-corrected chi connectivity index (χ4v) is 10.5. The zero-order valence-electron chi connectivity index (χ0n) is 45.6. The zero-order valence-corrected chi connectivity index (χ0v) is 46.4. The molecule has 7 N–H and O–H groups in total. The highest BCUT2D eigenvalue weighted by Gasteiger charge is 2.42. The maximum Gasteiger partial charge on any atom is 0.315 e. The van der Waals surface area contributed by atoms with Crippen LogP contribution in [-0.4, -0.2) is 144 Å². The molecule has 0 spiro atoms. The standard InChI is InChI=1S/C57H70N14O10S/c58-69-61-28-25-39-15-24-48(72)46(36-39)67-66-44-22-20-43(21-23-44)55(76)62-45(12-6-7-29-71-37-50(68-70-71)64-51(73)14-5-4-13-49-52-47(38-82-49)63-57(78)65-52)56(77)60-27-9-31-80-33-35-81-34-32-79-30-8-26-59-54(75)42-18-16-41(17-19-42)53(74)40-10-2-1-3-11-40/h1-3,10-11,15-24,36-37,45,47,49,52,72H,4-9,12-14,25-35,38H2,(H,59,75)(H,60,77)(H,62,76)(H,64,73)(H2,63,65,78)/b67-66+/t45-,47+,49+,52+/m0/s1. The van der Waals surface area contributed by atoms with Crippen LogP contribution in [0.5, 0.6) is 5.75 Å². The second-order valence-electron chi connectivity index (χ2n) is 19.4. The van der Waals surface area contributed by atoms with Crippen LogP contribution in [0.4, 0.5) is 22.0 Å². The van der Waals surface area contributed by atoms with E-state index in [0.717, 1.165) is 24.2 Å². The molecule has 2 aliphatic rings. The molecule has 82 heavy (non-hydrogen) atoms. The van der Waals surface area contributed by atoms with E-state index in [1.165, 1.54) is 6.07 Å². The third-order valence-electron chi connectivity index (χ3n) is 13.3. The number of ether oxygens (including phenoxy) is 3. The van der Waals surface area contributed by atoms with E-state index in [1.807, 2.05) is 30.0 Å². The predicted octanol–water partition coefficient (Wildman–Crippen LogP) is 7.49. The number of ketones is 1. The van der Waals surface area contributed by atoms with E-state index in [9.17, 15) is 33.9 Å². The molecule has 1 aromatic heterocycles. The van der Waals surface area contributed by atoms with Crippen molar-refractivity contribution in [2.24, 2.45) is 15.3 Å². The first-order valence-electron chi connectivity index (χ1n) is 27.6. The molecule has 6 amide bonds. The lowest BCUT2D eigenvalue weighted by molar-refractivity contribution is -0.123. The smallest absolute Gasteiger partial charge is 0.315 e. The molecule has 0 radical (unpaired) electrons. The number of carbonyl (C=O) groups is 6. The number of phenolic OH excluding ortho intramolecular Hbond substituents is 1. The summed E-state index contributed by atoms with van der Waals surface area (Å²) in [7, 11) is 0. The first-order valence-corrected chi connectivity index (χ1v) is 28.6. The molecule has 0 unspecified atom stereocenters. The number of nitrogens with zero attached hydrogens (tertiary/aromatic N) is 8. The van der Waals surface area contributed by atoms with Gasteiger partial charge in [-0.05, 0) is 111 Å². The average Bonchev–Trinajstić information content (AvgIpc) is 4.42. The van der Waals surface area contributed by atoms with Gasteiger partial charge in [0.15, 0.2) is 11.6 Å². The lowest BCUT2D eigenvalue weighted by atomic mass is 10.0. The fraction of sp³-hybridized carbons (Fsp3) is 0.439. The molecule has 2 saturated heterocycles. The van der Waals surface area contributed by atoms with E-state index in [-0.39, 0.29) is 59.6 Å². The summed E-state index contributed by atoms with van der Waals surface area (Å²) in [6.45, 7) is 3.70. The molecule has 4 atom stereocenters. The summed E-state index contributed by atoms with van der Waals surface area (Å²) in [5.41, 5.74) is 11.9. The van der Waals surface area contributed by atoms with Gasteiger partial charge in [0.05, 0.1) is 50.4 Å². The van der Waals surface area contributed by atoms with E-state index in [4.69, 9.17) is 19.7 Å². The number of urea groups is 1. The number of aromatic hydroxyl groups is 1. The quantitative estimate of drug-likeness (QED) is 0.00511. The highest BCUT2D eigenvalue weighted by atomic mass is 32.2. The number of thioether (sulfide) groups is 1. The van der Waals surface area contributed by atoms with E-state index in [2.05, 4.69) is 62.5 Å². The molecule has 7 rings (SSSR count). The van der Waals surface area contributed by atoms with Crippen LogP contribution in [0.15, 0.2) is 119 Å². The van der Waals surface area contributed by atoms with E-state index in [1.54, 1.807) is 83.7 Å². The number of azo groups is 1. The Hall–Kier alpha value is -8.22. The summed E-state index contributed by atoms with van der Waals surface area (Å²) < 4.78 is 18.6. The fourth-order valence-electron chi connectivity index (χ4n) is 8.95. The largest absolute Gasteiger partial charge is 0.506 e. The minimum atomic E-state index is -0.869. The van der Waals surface area contributed by atoms with Crippen molar-refractivity contribution in [3.05, 3.63) is 142 Å². The molecule has 434 valence electrons. The number of hydrogen-bond acceptors (Lipinski definition) is 16. The Balaban J connectivity index is 0.777. The van der Waals surface area contributed by atoms with E-state index in [0.29, 0.717) is 150 Å². The van der Waals surface area contributed by atoms with Gasteiger partial charge in [0.1, 0.15) is 17.5 Å². The number of anilines is 1. The molecule has 5 aromatic rings. The summed E-state index contributed by atoms with van der Waals surface area (Å²) in [5.74, 6) is -0.141. The Labute approximate surface area is 479 Å². The highest BCUT2D eigenvalue weighted by Crippen LogP contribution is 2.33. The number of fused-ring (bicyclic) bond motifs is 1. The van der Waals surface area contributed by atoms with E-state index >= 15 is 0 Å². The van der Waals surface area contributed by atoms with Crippen LogP contribution in [0.3, 0.4) is 0 Å². The highest BCUT2D eigenvalue weighted by molar-refractivity contribution is 8.00. The van der Waals surface area contributed by atoms with Gasteiger partial charge in [0, 0.05) is 84.0 Å². The summed E-state index contributed by atoms with van der Waals surface area (Å²) in [4.78, 5) is 79.5. The molecular formula is C57H70N14O10S. The number of azide groups is 1. The lowest BCUT2D eigenvalue weighted by Crippen LogP contribution is -2.47. The topological polar surface area (TPSA) is 327 Å². The van der Waals surface area contributed by atoms with Gasteiger partial charge in [-0.15, -0.1) is 10.2 Å². The molecule has 2 aliphatic heterocycles. The number of phenols is 1. The summed E-state index contributed by atoms with van der Waals surface area (Å²) in [6.07, 6.45) is 7.54. The lowest BCUT2D eigenvalue weighted by Gasteiger charge is -2.19. The summed E-state index contributed by atoms with van der Waals surface area (Å²) in [5, 5.41) is 48.2. The molecule has 2 fully saturated rings. The van der Waals surface area contributed by atoms with Crippen molar-refractivity contribution in [3.8, 4) is 5.75 Å². The Morgan fingerprint density at radius 3 is 2.20 bits per heavy atom. The molecule has 0 aliphatic carbocycles. The van der Waals surface area contributed by atoms with Gasteiger partial charge in [-0.3, -0.25) is 28.7 Å². The number of aromatic nitrogens is 3. The third-order valence-corrected chi connectivity index (χ3v) is 14.9. The Kier molecular flexibility index (Phi) is 25.1. The van der Waals surface area contributed by atoms with Crippen LogP contribution >= 0.6 is 11.8 Å². The molecule has 4 aromatic carbocycles. The van der Waals surface area contributed by atoms with Crippen molar-refractivity contribution in [2.75, 3.05) is 70.3 Å². The van der Waals surface area contributed by atoms with Gasteiger partial charge in [-0.25, -0.2) is 4.79 Å². The monoisotopic (exact) mass is 1140 g/mol. The van der Waals surface area contributed by atoms with Crippen molar-refractivity contribution in [1.82, 2.24) is 41.6 Å². The van der Waals surface area contributed by atoms with E-state index < -0.39 is 11.9 Å². The van der Waals surface area contributed by atoms with Gasteiger partial charge in [0.2, 0.25) is 11.8 Å². The molecule has 3 heterocycles. The van der Waals surface area contributed by atoms with Crippen LogP contribution < -0.4 is 31.9 Å². The van der Waals surface area contributed by atoms with Gasteiger partial charge < -0.3 is 51.2 Å². The second-order valence-corrected chi connectivity index (χ2v) is 20.7.